The van der Waals surface area contributed by atoms with Crippen molar-refractivity contribution in [1.82, 2.24) is 15.1 Å². The van der Waals surface area contributed by atoms with E-state index in [1.165, 1.54) is 4.88 Å². The largest absolute Gasteiger partial charge is 0.497 e. The summed E-state index contributed by atoms with van der Waals surface area (Å²) in [4.78, 5) is 5.78. The van der Waals surface area contributed by atoms with Gasteiger partial charge in [-0.1, -0.05) is 17.7 Å². The van der Waals surface area contributed by atoms with Crippen LogP contribution in [0.3, 0.4) is 0 Å². The van der Waals surface area contributed by atoms with Crippen LogP contribution in [0.2, 0.25) is 4.34 Å². The molecule has 8 heteroatoms. The molecule has 1 aromatic heterocycles. The molecule has 0 aliphatic carbocycles. The maximum Gasteiger partial charge on any atom is 0.127 e. The standard InChI is InChI=1S/C21H30ClN3O3S/c1-24-7-9-25(10-8-24)14-17(26)15-28-20-11-18(27-2)4-3-16(20)12-23-13-19-5-6-21(22)29-19/h3-6,11,17,23,26H,7-10,12-15H2,1-2H3/t17-/m0/s1. The first-order valence-corrected chi connectivity index (χ1v) is 11.1. The molecule has 6 nitrogen and oxygen atoms in total. The van der Waals surface area contributed by atoms with E-state index in [-0.39, 0.29) is 6.61 Å². The predicted molar refractivity (Wildman–Crippen MR) is 118 cm³/mol. The van der Waals surface area contributed by atoms with Gasteiger partial charge in [0.05, 0.1) is 11.4 Å². The Morgan fingerprint density at radius 2 is 1.97 bits per heavy atom. The van der Waals surface area contributed by atoms with Gasteiger partial charge in [-0.25, -0.2) is 0 Å². The number of nitrogens with one attached hydrogen (secondary N) is 1. The van der Waals surface area contributed by atoms with Gasteiger partial charge in [0.25, 0.3) is 0 Å². The van der Waals surface area contributed by atoms with Crippen molar-refractivity contribution in [3.63, 3.8) is 0 Å². The predicted octanol–water partition coefficient (Wildman–Crippen LogP) is 2.69. The quantitative estimate of drug-likeness (QED) is 0.593. The number of aliphatic hydroxyl groups is 1. The zero-order chi connectivity index (χ0) is 20.6. The van der Waals surface area contributed by atoms with E-state index in [0.29, 0.717) is 13.1 Å². The Hall–Kier alpha value is -1.35. The molecule has 1 fully saturated rings. The monoisotopic (exact) mass is 439 g/mol. The molecular weight excluding hydrogens is 410 g/mol. The Morgan fingerprint density at radius 3 is 2.66 bits per heavy atom. The van der Waals surface area contributed by atoms with Gasteiger partial charge in [0.15, 0.2) is 0 Å². The number of thiophene rings is 1. The van der Waals surface area contributed by atoms with E-state index in [4.69, 9.17) is 21.1 Å². The fourth-order valence-corrected chi connectivity index (χ4v) is 4.33. The van der Waals surface area contributed by atoms with Crippen LogP contribution >= 0.6 is 22.9 Å². The summed E-state index contributed by atoms with van der Waals surface area (Å²) in [5, 5.41) is 13.9. The molecule has 0 radical (unpaired) electrons. The average Bonchev–Trinajstić information content (AvgIpc) is 3.14. The van der Waals surface area contributed by atoms with Gasteiger partial charge < -0.3 is 24.8 Å². The van der Waals surface area contributed by atoms with E-state index in [0.717, 1.165) is 54.1 Å². The summed E-state index contributed by atoms with van der Waals surface area (Å²) in [7, 11) is 3.77. The second kappa shape index (κ2) is 11.2. The fraction of sp³-hybridized carbons (Fsp3) is 0.524. The first-order valence-electron chi connectivity index (χ1n) is 9.87. The molecule has 1 aliphatic heterocycles. The van der Waals surface area contributed by atoms with Gasteiger partial charge in [0.2, 0.25) is 0 Å². The lowest BCUT2D eigenvalue weighted by Gasteiger charge is -2.33. The van der Waals surface area contributed by atoms with E-state index < -0.39 is 6.10 Å². The van der Waals surface area contributed by atoms with Crippen LogP contribution in [0.25, 0.3) is 0 Å². The molecule has 160 valence electrons. The molecule has 1 aliphatic rings. The van der Waals surface area contributed by atoms with Gasteiger partial charge in [0, 0.05) is 62.3 Å². The lowest BCUT2D eigenvalue weighted by atomic mass is 10.2. The van der Waals surface area contributed by atoms with Crippen molar-refractivity contribution in [1.29, 1.82) is 0 Å². The first kappa shape index (κ1) is 22.3. The van der Waals surface area contributed by atoms with Gasteiger partial charge in [0.1, 0.15) is 24.2 Å². The number of likely N-dealkylation sites (N-methyl/N-ethyl adjacent to an activating group) is 1. The SMILES string of the molecule is COc1ccc(CNCc2ccc(Cl)s2)c(OC[C@@H](O)CN2CCN(C)CC2)c1. The fourth-order valence-electron chi connectivity index (χ4n) is 3.28. The normalized spacial score (nSPS) is 16.7. The number of rotatable bonds is 10. The van der Waals surface area contributed by atoms with Crippen LogP contribution in [-0.4, -0.2) is 74.5 Å². The first-order chi connectivity index (χ1) is 14.0. The second-order valence-electron chi connectivity index (χ2n) is 7.35. The van der Waals surface area contributed by atoms with Crippen LogP contribution in [0, 0.1) is 0 Å². The smallest absolute Gasteiger partial charge is 0.127 e. The van der Waals surface area contributed by atoms with E-state index in [1.54, 1.807) is 18.4 Å². The summed E-state index contributed by atoms with van der Waals surface area (Å²) in [5.74, 6) is 1.47. The molecular formula is C21H30ClN3O3S. The van der Waals surface area contributed by atoms with Gasteiger partial charge in [-0.2, -0.15) is 0 Å². The van der Waals surface area contributed by atoms with Crippen molar-refractivity contribution in [2.45, 2.75) is 19.2 Å². The summed E-state index contributed by atoms with van der Waals surface area (Å²) in [6, 6.07) is 9.73. The van der Waals surface area contributed by atoms with Gasteiger partial charge >= 0.3 is 0 Å². The van der Waals surface area contributed by atoms with Crippen molar-refractivity contribution >= 4 is 22.9 Å². The van der Waals surface area contributed by atoms with Crippen LogP contribution in [0.4, 0.5) is 0 Å². The summed E-state index contributed by atoms with van der Waals surface area (Å²) >= 11 is 7.57. The molecule has 3 rings (SSSR count). The molecule has 1 atom stereocenters. The van der Waals surface area contributed by atoms with Gasteiger partial charge in [-0.05, 0) is 25.2 Å². The van der Waals surface area contributed by atoms with E-state index in [2.05, 4.69) is 22.2 Å². The topological polar surface area (TPSA) is 57.2 Å². The number of nitrogens with zero attached hydrogens (tertiary/aromatic N) is 2. The number of methoxy groups -OCH3 is 1. The number of halogens is 1. The van der Waals surface area contributed by atoms with Crippen LogP contribution in [0.15, 0.2) is 30.3 Å². The highest BCUT2D eigenvalue weighted by Gasteiger charge is 2.18. The number of β-amino-alcohol motifs (C(OH)–C–C–N with tert-alkyl or cyclic N) is 1. The Labute approximate surface area is 182 Å². The molecule has 0 spiro atoms. The third-order valence-electron chi connectivity index (χ3n) is 5.01. The third kappa shape index (κ3) is 7.13. The van der Waals surface area contributed by atoms with Crippen molar-refractivity contribution in [2.75, 3.05) is 53.5 Å². The Balaban J connectivity index is 1.52. The molecule has 1 saturated heterocycles. The molecule has 2 N–H and O–H groups in total. The highest BCUT2D eigenvalue weighted by Crippen LogP contribution is 2.26. The molecule has 1 aromatic carbocycles. The van der Waals surface area contributed by atoms with Crippen LogP contribution in [0.1, 0.15) is 10.4 Å². The molecule has 0 saturated carbocycles. The van der Waals surface area contributed by atoms with Crippen molar-refractivity contribution in [2.24, 2.45) is 0 Å². The summed E-state index contributed by atoms with van der Waals surface area (Å²) < 4.78 is 12.1. The summed E-state index contributed by atoms with van der Waals surface area (Å²) in [6.07, 6.45) is -0.529. The van der Waals surface area contributed by atoms with E-state index >= 15 is 0 Å². The molecule has 0 unspecified atom stereocenters. The molecule has 0 amide bonds. The van der Waals surface area contributed by atoms with Gasteiger partial charge in [-0.15, -0.1) is 11.3 Å². The lowest BCUT2D eigenvalue weighted by Crippen LogP contribution is -2.47. The number of hydrogen-bond acceptors (Lipinski definition) is 7. The van der Waals surface area contributed by atoms with Crippen molar-refractivity contribution in [3.05, 3.63) is 45.1 Å². The number of hydrogen-bond donors (Lipinski definition) is 2. The van der Waals surface area contributed by atoms with Crippen LogP contribution in [0.5, 0.6) is 11.5 Å². The number of ether oxygens (including phenoxy) is 2. The minimum atomic E-state index is -0.529. The van der Waals surface area contributed by atoms with E-state index in [1.807, 2.05) is 30.3 Å². The number of benzene rings is 1. The summed E-state index contributed by atoms with van der Waals surface area (Å²) in [6.45, 7) is 6.32. The van der Waals surface area contributed by atoms with Crippen molar-refractivity contribution < 1.29 is 14.6 Å². The average molecular weight is 440 g/mol. The zero-order valence-corrected chi connectivity index (χ0v) is 18.6. The van der Waals surface area contributed by atoms with E-state index in [9.17, 15) is 5.11 Å². The second-order valence-corrected chi connectivity index (χ2v) is 9.15. The Kier molecular flexibility index (Phi) is 8.59. The third-order valence-corrected chi connectivity index (χ3v) is 6.25. The minimum absolute atomic E-state index is 0.257. The summed E-state index contributed by atoms with van der Waals surface area (Å²) in [5.41, 5.74) is 1.03. The molecule has 0 bridgehead atoms. The molecule has 29 heavy (non-hydrogen) atoms. The highest BCUT2D eigenvalue weighted by molar-refractivity contribution is 7.16. The van der Waals surface area contributed by atoms with Crippen LogP contribution in [-0.2, 0) is 13.1 Å². The lowest BCUT2D eigenvalue weighted by molar-refractivity contribution is 0.0501. The van der Waals surface area contributed by atoms with Gasteiger partial charge in [-0.3, -0.25) is 4.90 Å². The minimum Gasteiger partial charge on any atom is -0.497 e. The number of aliphatic hydroxyl groups excluding tert-OH is 1. The Bertz CT molecular complexity index is 765. The Morgan fingerprint density at radius 1 is 1.17 bits per heavy atom. The molecule has 2 aromatic rings. The van der Waals surface area contributed by atoms with Crippen LogP contribution < -0.4 is 14.8 Å². The molecule has 2 heterocycles. The zero-order valence-electron chi connectivity index (χ0n) is 17.1. The van der Waals surface area contributed by atoms with Crippen molar-refractivity contribution in [3.8, 4) is 11.5 Å². The number of piperazine rings is 1. The maximum atomic E-state index is 10.4. The maximum absolute atomic E-state index is 10.4. The highest BCUT2D eigenvalue weighted by atomic mass is 35.5.